The zero-order valence-corrected chi connectivity index (χ0v) is 39.5. The molecule has 0 aliphatic heterocycles. The third-order valence-corrected chi connectivity index (χ3v) is 9.33. The lowest BCUT2D eigenvalue weighted by molar-refractivity contribution is -0.167. The summed E-state index contributed by atoms with van der Waals surface area (Å²) in [6, 6.07) is 0. The van der Waals surface area contributed by atoms with E-state index in [2.05, 4.69) is 81.5 Å². The van der Waals surface area contributed by atoms with Crippen molar-refractivity contribution in [3.63, 3.8) is 0 Å². The number of esters is 3. The van der Waals surface area contributed by atoms with E-state index in [4.69, 9.17) is 14.2 Å². The summed E-state index contributed by atoms with van der Waals surface area (Å²) >= 11 is 0. The van der Waals surface area contributed by atoms with E-state index in [0.717, 1.165) is 96.3 Å². The van der Waals surface area contributed by atoms with Gasteiger partial charge in [-0.15, -0.1) is 0 Å². The van der Waals surface area contributed by atoms with E-state index in [0.29, 0.717) is 12.8 Å². The number of rotatable bonds is 40. The molecule has 0 aromatic heterocycles. The SMILES string of the molecule is CC/C=C/C=C/C=C/C=C/C=C/C=C/CCCCCC(=O)OCC(COC(=O)CCCCC/C=C/C=C/C=C/C=C/CC)OC(=O)CCCCCCCCC/C=C/C=C/C=C/CC. The molecule has 0 aliphatic rings. The van der Waals surface area contributed by atoms with Gasteiger partial charge in [-0.3, -0.25) is 14.4 Å². The quantitative estimate of drug-likeness (QED) is 0.0264. The Bertz CT molecular complexity index is 1510. The van der Waals surface area contributed by atoms with Gasteiger partial charge in [-0.2, -0.15) is 0 Å². The molecule has 0 bridgehead atoms. The van der Waals surface area contributed by atoms with Crippen LogP contribution in [0.4, 0.5) is 0 Å². The minimum Gasteiger partial charge on any atom is -0.462 e. The molecule has 6 nitrogen and oxygen atoms in total. The molecule has 0 radical (unpaired) electrons. The second-order valence-corrected chi connectivity index (χ2v) is 15.2. The summed E-state index contributed by atoms with van der Waals surface area (Å²) in [5.41, 5.74) is 0. The zero-order valence-electron chi connectivity index (χ0n) is 39.5. The molecule has 0 N–H and O–H groups in total. The van der Waals surface area contributed by atoms with Gasteiger partial charge in [0.1, 0.15) is 13.2 Å². The molecule has 0 aromatic carbocycles. The first-order valence-electron chi connectivity index (χ1n) is 24.2. The lowest BCUT2D eigenvalue weighted by Crippen LogP contribution is -2.30. The first-order chi connectivity index (χ1) is 31.0. The van der Waals surface area contributed by atoms with Crippen LogP contribution in [0.15, 0.2) is 158 Å². The van der Waals surface area contributed by atoms with Crippen LogP contribution < -0.4 is 0 Å². The predicted molar refractivity (Wildman–Crippen MR) is 269 cm³/mol. The fraction of sp³-hybridized carbons (Fsp3) is 0.491. The maximum atomic E-state index is 12.8. The Hall–Kier alpha value is -4.97. The highest BCUT2D eigenvalue weighted by atomic mass is 16.6. The first kappa shape index (κ1) is 58.0. The van der Waals surface area contributed by atoms with Gasteiger partial charge in [0.2, 0.25) is 0 Å². The van der Waals surface area contributed by atoms with E-state index < -0.39 is 6.10 Å². The maximum Gasteiger partial charge on any atom is 0.306 e. The smallest absolute Gasteiger partial charge is 0.306 e. The Morgan fingerprint density at radius 1 is 0.317 bits per heavy atom. The fourth-order valence-corrected chi connectivity index (χ4v) is 5.78. The number of carbonyl (C=O) groups is 3. The van der Waals surface area contributed by atoms with Crippen molar-refractivity contribution in [3.05, 3.63) is 158 Å². The van der Waals surface area contributed by atoms with E-state index in [1.54, 1.807) is 0 Å². The first-order valence-corrected chi connectivity index (χ1v) is 24.2. The van der Waals surface area contributed by atoms with Gasteiger partial charge in [0.15, 0.2) is 6.10 Å². The Morgan fingerprint density at radius 3 is 0.905 bits per heavy atom. The Labute approximate surface area is 384 Å². The van der Waals surface area contributed by atoms with Gasteiger partial charge in [0.05, 0.1) is 0 Å². The molecule has 0 aromatic rings. The number of hydrogen-bond donors (Lipinski definition) is 0. The van der Waals surface area contributed by atoms with Crippen molar-refractivity contribution in [1.29, 1.82) is 0 Å². The molecule has 0 rings (SSSR count). The molecule has 0 amide bonds. The molecule has 6 heteroatoms. The van der Waals surface area contributed by atoms with Crippen molar-refractivity contribution in [3.8, 4) is 0 Å². The van der Waals surface area contributed by atoms with Crippen LogP contribution in [0.2, 0.25) is 0 Å². The van der Waals surface area contributed by atoms with Gasteiger partial charge in [-0.1, -0.05) is 224 Å². The number of ether oxygens (including phenoxy) is 3. The average Bonchev–Trinajstić information content (AvgIpc) is 3.28. The lowest BCUT2D eigenvalue weighted by atomic mass is 10.1. The minimum atomic E-state index is -0.827. The molecule has 0 saturated carbocycles. The topological polar surface area (TPSA) is 78.9 Å². The molecular formula is C57H84O6. The highest BCUT2D eigenvalue weighted by molar-refractivity contribution is 5.71. The number of unbranched alkanes of at least 4 members (excludes halogenated alkanes) is 13. The van der Waals surface area contributed by atoms with Gasteiger partial charge in [0.25, 0.3) is 0 Å². The van der Waals surface area contributed by atoms with Crippen molar-refractivity contribution < 1.29 is 28.6 Å². The number of hydrogen-bond acceptors (Lipinski definition) is 6. The molecule has 1 atom stereocenters. The predicted octanol–water partition coefficient (Wildman–Crippen LogP) is 15.9. The molecule has 0 fully saturated rings. The summed E-state index contributed by atoms with van der Waals surface area (Å²) in [5, 5.41) is 0. The third-order valence-electron chi connectivity index (χ3n) is 9.33. The summed E-state index contributed by atoms with van der Waals surface area (Å²) in [4.78, 5) is 37.9. The van der Waals surface area contributed by atoms with Crippen LogP contribution >= 0.6 is 0 Å². The molecule has 348 valence electrons. The second-order valence-electron chi connectivity index (χ2n) is 15.2. The van der Waals surface area contributed by atoms with Crippen molar-refractivity contribution in [2.45, 2.75) is 168 Å². The molecule has 1 unspecified atom stereocenters. The Morgan fingerprint density at radius 2 is 0.571 bits per heavy atom. The van der Waals surface area contributed by atoms with Gasteiger partial charge in [0, 0.05) is 19.3 Å². The summed E-state index contributed by atoms with van der Waals surface area (Å²) in [6.45, 7) is 6.10. The van der Waals surface area contributed by atoms with Crippen molar-refractivity contribution >= 4 is 17.9 Å². The van der Waals surface area contributed by atoms with E-state index >= 15 is 0 Å². The van der Waals surface area contributed by atoms with Crippen LogP contribution in [0.3, 0.4) is 0 Å². The monoisotopic (exact) mass is 865 g/mol. The van der Waals surface area contributed by atoms with Crippen LogP contribution in [0, 0.1) is 0 Å². The molecule has 0 heterocycles. The average molecular weight is 865 g/mol. The third kappa shape index (κ3) is 47.9. The van der Waals surface area contributed by atoms with Crippen LogP contribution in [0.25, 0.3) is 0 Å². The molecule has 63 heavy (non-hydrogen) atoms. The van der Waals surface area contributed by atoms with E-state index in [1.165, 1.54) is 19.3 Å². The van der Waals surface area contributed by atoms with E-state index in [9.17, 15) is 14.4 Å². The van der Waals surface area contributed by atoms with Gasteiger partial charge in [-0.25, -0.2) is 0 Å². The highest BCUT2D eigenvalue weighted by Crippen LogP contribution is 2.12. The van der Waals surface area contributed by atoms with E-state index in [-0.39, 0.29) is 44.0 Å². The van der Waals surface area contributed by atoms with Crippen molar-refractivity contribution in [2.75, 3.05) is 13.2 Å². The van der Waals surface area contributed by atoms with Gasteiger partial charge < -0.3 is 14.2 Å². The Kier molecular flexibility index (Phi) is 45.8. The van der Waals surface area contributed by atoms with E-state index in [1.807, 2.05) is 97.2 Å². The fourth-order valence-electron chi connectivity index (χ4n) is 5.78. The summed E-state index contributed by atoms with van der Waals surface area (Å²) in [7, 11) is 0. The minimum absolute atomic E-state index is 0.126. The van der Waals surface area contributed by atoms with Crippen LogP contribution in [0.5, 0.6) is 0 Å². The van der Waals surface area contributed by atoms with Gasteiger partial charge >= 0.3 is 17.9 Å². The Balaban J connectivity index is 4.60. The molecule has 0 saturated heterocycles. The standard InChI is InChI=1S/C57H84O6/c1-4-7-10-13-16-19-22-25-27-28-30-32-35-38-41-44-47-50-56(59)62-53-54(52-61-55(58)49-46-43-40-37-34-31-24-21-18-15-12-9-6-3)63-57(60)51-48-45-42-39-36-33-29-26-23-20-17-14-11-8-5-2/h7-25,27-28,30-32,34-35,54H,4-6,26,29,33,36-53H2,1-3H3/b10-7+,11-8+,12-9+,16-13+,17-14+,18-15+,22-19+,23-20+,24-21+,27-25+,30-28+,34-31+,35-32+. The van der Waals surface area contributed by atoms with Crippen LogP contribution in [-0.2, 0) is 28.6 Å². The van der Waals surface area contributed by atoms with Crippen molar-refractivity contribution in [1.82, 2.24) is 0 Å². The molecule has 0 spiro atoms. The molecular weight excluding hydrogens is 781 g/mol. The van der Waals surface area contributed by atoms with Gasteiger partial charge in [-0.05, 0) is 77.0 Å². The van der Waals surface area contributed by atoms with Crippen LogP contribution in [0.1, 0.15) is 162 Å². The zero-order chi connectivity index (χ0) is 45.8. The summed E-state index contributed by atoms with van der Waals surface area (Å²) in [5.74, 6) is -1.04. The maximum absolute atomic E-state index is 12.8. The normalized spacial score (nSPS) is 13.5. The summed E-state index contributed by atoms with van der Waals surface area (Å²) < 4.78 is 16.7. The highest BCUT2D eigenvalue weighted by Gasteiger charge is 2.19. The summed E-state index contributed by atoms with van der Waals surface area (Å²) in [6.07, 6.45) is 72.2. The van der Waals surface area contributed by atoms with Crippen molar-refractivity contribution in [2.24, 2.45) is 0 Å². The lowest BCUT2D eigenvalue weighted by Gasteiger charge is -2.18. The molecule has 0 aliphatic carbocycles. The number of carbonyl (C=O) groups excluding carboxylic acids is 3. The largest absolute Gasteiger partial charge is 0.462 e. The van der Waals surface area contributed by atoms with Crippen LogP contribution in [-0.4, -0.2) is 37.2 Å². The second kappa shape index (κ2) is 49.7. The number of allylic oxidation sites excluding steroid dienone is 26.